The van der Waals surface area contributed by atoms with E-state index >= 15 is 0 Å². The average molecular weight is 406 g/mol. The Labute approximate surface area is 176 Å². The van der Waals surface area contributed by atoms with Crippen molar-refractivity contribution in [2.75, 3.05) is 31.6 Å². The molecule has 7 heteroatoms. The molecule has 1 atom stereocenters. The topological polar surface area (TPSA) is 71.4 Å². The van der Waals surface area contributed by atoms with Crippen LogP contribution in [0, 0.1) is 6.92 Å². The average Bonchev–Trinajstić information content (AvgIpc) is 3.19. The number of aromatic nitrogens is 2. The molecule has 0 aliphatic carbocycles. The molecule has 0 spiro atoms. The van der Waals surface area contributed by atoms with Crippen LogP contribution in [0.25, 0.3) is 5.69 Å². The summed E-state index contributed by atoms with van der Waals surface area (Å²) >= 11 is 0. The quantitative estimate of drug-likeness (QED) is 0.661. The maximum absolute atomic E-state index is 12.4. The molecule has 1 aliphatic heterocycles. The van der Waals surface area contributed by atoms with Crippen LogP contribution in [0.2, 0.25) is 0 Å². The number of morpholine rings is 1. The minimum absolute atomic E-state index is 0.0220. The van der Waals surface area contributed by atoms with Gasteiger partial charge < -0.3 is 15.4 Å². The molecule has 0 radical (unpaired) electrons. The standard InChI is InChI=1S/C23H27N5O2/c1-18-10-11-25-28(18)21-9-5-8-20(14-21)26-23(29)24-15-22-17-27(12-13-30-22)16-19-6-3-2-4-7-19/h2-11,14,22H,12-13,15-17H2,1H3,(H2,24,26,29). The first-order chi connectivity index (χ1) is 14.7. The molecule has 0 bridgehead atoms. The van der Waals surface area contributed by atoms with Gasteiger partial charge in [0.25, 0.3) is 0 Å². The van der Waals surface area contributed by atoms with Gasteiger partial charge in [-0.15, -0.1) is 0 Å². The van der Waals surface area contributed by atoms with Crippen LogP contribution in [0.1, 0.15) is 11.3 Å². The van der Waals surface area contributed by atoms with Gasteiger partial charge in [0, 0.05) is 43.8 Å². The number of nitrogens with zero attached hydrogens (tertiary/aromatic N) is 3. The zero-order valence-electron chi connectivity index (χ0n) is 17.1. The first-order valence-corrected chi connectivity index (χ1v) is 10.2. The largest absolute Gasteiger partial charge is 0.374 e. The normalized spacial score (nSPS) is 16.9. The van der Waals surface area contributed by atoms with Crippen molar-refractivity contribution in [2.45, 2.75) is 19.6 Å². The zero-order chi connectivity index (χ0) is 20.8. The summed E-state index contributed by atoms with van der Waals surface area (Å²) in [6.45, 7) is 5.72. The summed E-state index contributed by atoms with van der Waals surface area (Å²) in [6.07, 6.45) is 1.74. The molecule has 1 fully saturated rings. The van der Waals surface area contributed by atoms with Crippen LogP contribution in [0.15, 0.2) is 66.9 Å². The monoisotopic (exact) mass is 405 g/mol. The molecule has 2 aromatic carbocycles. The van der Waals surface area contributed by atoms with Gasteiger partial charge in [0.05, 0.1) is 18.4 Å². The van der Waals surface area contributed by atoms with E-state index < -0.39 is 0 Å². The molecule has 2 heterocycles. The summed E-state index contributed by atoms with van der Waals surface area (Å²) < 4.78 is 7.67. The van der Waals surface area contributed by atoms with Crippen molar-refractivity contribution in [3.63, 3.8) is 0 Å². The summed E-state index contributed by atoms with van der Waals surface area (Å²) in [4.78, 5) is 14.7. The predicted octanol–water partition coefficient (Wildman–Crippen LogP) is 3.20. The number of aryl methyl sites for hydroxylation is 1. The highest BCUT2D eigenvalue weighted by Crippen LogP contribution is 2.16. The van der Waals surface area contributed by atoms with E-state index in [-0.39, 0.29) is 12.1 Å². The van der Waals surface area contributed by atoms with Gasteiger partial charge >= 0.3 is 6.03 Å². The second-order valence-electron chi connectivity index (χ2n) is 7.48. The molecule has 0 saturated carbocycles. The lowest BCUT2D eigenvalue weighted by Gasteiger charge is -2.33. The lowest BCUT2D eigenvalue weighted by atomic mass is 10.2. The number of amides is 2. The van der Waals surface area contributed by atoms with Crippen molar-refractivity contribution in [3.8, 4) is 5.69 Å². The highest BCUT2D eigenvalue weighted by Gasteiger charge is 2.21. The van der Waals surface area contributed by atoms with Crippen LogP contribution < -0.4 is 10.6 Å². The molecule has 30 heavy (non-hydrogen) atoms. The van der Waals surface area contributed by atoms with Gasteiger partial charge in [-0.25, -0.2) is 9.48 Å². The maximum Gasteiger partial charge on any atom is 0.319 e. The first kappa shape index (κ1) is 20.1. The molecule has 156 valence electrons. The van der Waals surface area contributed by atoms with Gasteiger partial charge in [-0.1, -0.05) is 36.4 Å². The summed E-state index contributed by atoms with van der Waals surface area (Å²) in [5.41, 5.74) is 3.94. The van der Waals surface area contributed by atoms with Crippen LogP contribution in [-0.2, 0) is 11.3 Å². The van der Waals surface area contributed by atoms with E-state index in [2.05, 4.69) is 44.9 Å². The number of benzene rings is 2. The number of hydrogen-bond donors (Lipinski definition) is 2. The van der Waals surface area contributed by atoms with E-state index in [0.717, 1.165) is 36.7 Å². The molecule has 2 amide bonds. The third-order valence-corrected chi connectivity index (χ3v) is 5.14. The molecule has 7 nitrogen and oxygen atoms in total. The van der Waals surface area contributed by atoms with Gasteiger partial charge in [0.1, 0.15) is 0 Å². The van der Waals surface area contributed by atoms with Crippen LogP contribution in [0.4, 0.5) is 10.5 Å². The van der Waals surface area contributed by atoms with E-state index in [4.69, 9.17) is 4.74 Å². The van der Waals surface area contributed by atoms with Crippen molar-refractivity contribution in [1.82, 2.24) is 20.0 Å². The Morgan fingerprint density at radius 3 is 2.83 bits per heavy atom. The van der Waals surface area contributed by atoms with Crippen molar-refractivity contribution in [2.24, 2.45) is 0 Å². The van der Waals surface area contributed by atoms with Crippen molar-refractivity contribution in [3.05, 3.63) is 78.1 Å². The summed E-state index contributed by atoms with van der Waals surface area (Å²) in [5.74, 6) is 0. The van der Waals surface area contributed by atoms with Gasteiger partial charge in [-0.2, -0.15) is 5.10 Å². The maximum atomic E-state index is 12.4. The summed E-state index contributed by atoms with van der Waals surface area (Å²) in [5, 5.41) is 10.1. The fourth-order valence-electron chi connectivity index (χ4n) is 3.63. The number of hydrogen-bond acceptors (Lipinski definition) is 4. The molecule has 1 aliphatic rings. The minimum atomic E-state index is -0.242. The highest BCUT2D eigenvalue weighted by atomic mass is 16.5. The second kappa shape index (κ2) is 9.56. The molecular formula is C23H27N5O2. The fraction of sp³-hybridized carbons (Fsp3) is 0.304. The second-order valence-corrected chi connectivity index (χ2v) is 7.48. The Kier molecular flexibility index (Phi) is 6.41. The van der Waals surface area contributed by atoms with Gasteiger partial charge in [-0.3, -0.25) is 4.90 Å². The van der Waals surface area contributed by atoms with E-state index in [0.29, 0.717) is 13.2 Å². The summed E-state index contributed by atoms with van der Waals surface area (Å²) in [6, 6.07) is 19.7. The number of carbonyl (C=O) groups is 1. The molecule has 1 saturated heterocycles. The molecular weight excluding hydrogens is 378 g/mol. The number of rotatable bonds is 6. The Morgan fingerprint density at radius 1 is 1.17 bits per heavy atom. The molecule has 1 unspecified atom stereocenters. The number of nitrogens with one attached hydrogen (secondary N) is 2. The van der Waals surface area contributed by atoms with Crippen molar-refractivity contribution < 1.29 is 9.53 Å². The Hall–Kier alpha value is -3.16. The van der Waals surface area contributed by atoms with E-state index in [9.17, 15) is 4.79 Å². The van der Waals surface area contributed by atoms with Gasteiger partial charge in [0.2, 0.25) is 0 Å². The minimum Gasteiger partial charge on any atom is -0.374 e. The fourth-order valence-corrected chi connectivity index (χ4v) is 3.63. The number of anilines is 1. The van der Waals surface area contributed by atoms with E-state index in [1.54, 1.807) is 6.20 Å². The SMILES string of the molecule is Cc1ccnn1-c1cccc(NC(=O)NCC2CN(Cc3ccccc3)CCO2)c1. The van der Waals surface area contributed by atoms with Crippen LogP contribution in [-0.4, -0.2) is 53.1 Å². The van der Waals surface area contributed by atoms with E-state index in [1.807, 2.05) is 48.0 Å². The van der Waals surface area contributed by atoms with Gasteiger partial charge in [0.15, 0.2) is 0 Å². The third kappa shape index (κ3) is 5.25. The number of carbonyl (C=O) groups excluding carboxylic acids is 1. The zero-order valence-corrected chi connectivity index (χ0v) is 17.1. The predicted molar refractivity (Wildman–Crippen MR) is 117 cm³/mol. The van der Waals surface area contributed by atoms with Crippen LogP contribution in [0.3, 0.4) is 0 Å². The number of urea groups is 1. The van der Waals surface area contributed by atoms with Gasteiger partial charge in [-0.05, 0) is 36.8 Å². The summed E-state index contributed by atoms with van der Waals surface area (Å²) in [7, 11) is 0. The van der Waals surface area contributed by atoms with Crippen LogP contribution in [0.5, 0.6) is 0 Å². The highest BCUT2D eigenvalue weighted by molar-refractivity contribution is 5.89. The smallest absolute Gasteiger partial charge is 0.319 e. The molecule has 2 N–H and O–H groups in total. The lowest BCUT2D eigenvalue weighted by molar-refractivity contribution is -0.0285. The number of ether oxygens (including phenoxy) is 1. The van der Waals surface area contributed by atoms with E-state index in [1.165, 1.54) is 5.56 Å². The third-order valence-electron chi connectivity index (χ3n) is 5.14. The molecule has 3 aromatic rings. The van der Waals surface area contributed by atoms with Crippen LogP contribution >= 0.6 is 0 Å². The molecule has 1 aromatic heterocycles. The lowest BCUT2D eigenvalue weighted by Crippen LogP contribution is -2.47. The van der Waals surface area contributed by atoms with Crippen molar-refractivity contribution in [1.29, 1.82) is 0 Å². The molecule has 4 rings (SSSR count). The first-order valence-electron chi connectivity index (χ1n) is 10.2. The Morgan fingerprint density at radius 2 is 2.03 bits per heavy atom. The Bertz CT molecular complexity index is 972. The Balaban J connectivity index is 1.27. The van der Waals surface area contributed by atoms with Crippen molar-refractivity contribution >= 4 is 11.7 Å².